The van der Waals surface area contributed by atoms with Crippen LogP contribution in [0.15, 0.2) is 0 Å². The van der Waals surface area contributed by atoms with Gasteiger partial charge in [0, 0.05) is 6.42 Å². The van der Waals surface area contributed by atoms with Gasteiger partial charge in [0.05, 0.1) is 7.11 Å². The summed E-state index contributed by atoms with van der Waals surface area (Å²) >= 11 is 0. The molecule has 0 aliphatic carbocycles. The Morgan fingerprint density at radius 1 is 1.06 bits per heavy atom. The predicted molar refractivity (Wildman–Crippen MR) is 65.8 cm³/mol. The van der Waals surface area contributed by atoms with Gasteiger partial charge in [-0.1, -0.05) is 39.5 Å². The normalized spacial score (nSPS) is 9.25. The van der Waals surface area contributed by atoms with Crippen molar-refractivity contribution < 1.29 is 14.6 Å². The summed E-state index contributed by atoms with van der Waals surface area (Å²) in [5.74, 6) is -0.269. The zero-order valence-corrected chi connectivity index (χ0v) is 11.0. The maximum atomic E-state index is 10.7. The van der Waals surface area contributed by atoms with Gasteiger partial charge in [-0.3, -0.25) is 4.89 Å². The van der Waals surface area contributed by atoms with Gasteiger partial charge in [0.2, 0.25) is 0 Å². The van der Waals surface area contributed by atoms with Crippen LogP contribution in [-0.4, -0.2) is 19.6 Å². The van der Waals surface area contributed by atoms with Crippen LogP contribution < -0.4 is 5.73 Å². The minimum absolute atomic E-state index is 0.269. The molecular formula is C12H27NO3. The molecule has 0 rings (SSSR count). The molecule has 0 aromatic heterocycles. The van der Waals surface area contributed by atoms with Gasteiger partial charge < -0.3 is 5.73 Å². The summed E-state index contributed by atoms with van der Waals surface area (Å²) in [6.07, 6.45) is 7.25. The van der Waals surface area contributed by atoms with Crippen molar-refractivity contribution in [3.8, 4) is 0 Å². The van der Waals surface area contributed by atoms with Crippen LogP contribution in [0.1, 0.15) is 58.8 Å². The smallest absolute Gasteiger partial charge is 0.330 e. The predicted octanol–water partition coefficient (Wildman–Crippen LogP) is 2.81. The standard InChI is InChI=1S/C9H18O3.C3H9N/c1-3-4-5-6-7-8-9(10)12-11-2;1-2-3-4/h3-8H2,1-2H3;2-4H2,1H3. The number of hydrogen-bond acceptors (Lipinski definition) is 4. The average molecular weight is 233 g/mol. The van der Waals surface area contributed by atoms with Crippen molar-refractivity contribution in [3.63, 3.8) is 0 Å². The topological polar surface area (TPSA) is 61.5 Å². The highest BCUT2D eigenvalue weighted by Crippen LogP contribution is 2.05. The van der Waals surface area contributed by atoms with Crippen molar-refractivity contribution in [1.82, 2.24) is 0 Å². The van der Waals surface area contributed by atoms with E-state index >= 15 is 0 Å². The lowest BCUT2D eigenvalue weighted by Crippen LogP contribution is -2.02. The van der Waals surface area contributed by atoms with Gasteiger partial charge in [-0.15, -0.1) is 0 Å². The van der Waals surface area contributed by atoms with Crippen LogP contribution >= 0.6 is 0 Å². The summed E-state index contributed by atoms with van der Waals surface area (Å²) in [7, 11) is 1.34. The van der Waals surface area contributed by atoms with Crippen molar-refractivity contribution in [2.75, 3.05) is 13.7 Å². The molecule has 0 aliphatic heterocycles. The molecular weight excluding hydrogens is 206 g/mol. The van der Waals surface area contributed by atoms with Crippen LogP contribution in [0, 0.1) is 0 Å². The number of hydrogen-bond donors (Lipinski definition) is 1. The zero-order chi connectivity index (χ0) is 12.6. The first-order chi connectivity index (χ1) is 7.72. The first-order valence-corrected chi connectivity index (χ1v) is 6.16. The quantitative estimate of drug-likeness (QED) is 0.398. The average Bonchev–Trinajstić information content (AvgIpc) is 2.29. The number of carbonyl (C=O) groups is 1. The van der Waals surface area contributed by atoms with E-state index in [0.29, 0.717) is 6.42 Å². The maximum absolute atomic E-state index is 10.7. The minimum atomic E-state index is -0.269. The van der Waals surface area contributed by atoms with E-state index in [2.05, 4.69) is 23.6 Å². The van der Waals surface area contributed by atoms with Crippen LogP contribution in [0.4, 0.5) is 0 Å². The van der Waals surface area contributed by atoms with Gasteiger partial charge in [-0.05, 0) is 19.4 Å². The third-order valence-corrected chi connectivity index (χ3v) is 1.95. The van der Waals surface area contributed by atoms with Crippen molar-refractivity contribution >= 4 is 5.97 Å². The molecule has 0 saturated carbocycles. The lowest BCUT2D eigenvalue weighted by molar-refractivity contribution is -0.255. The van der Waals surface area contributed by atoms with E-state index in [0.717, 1.165) is 25.8 Å². The monoisotopic (exact) mass is 233 g/mol. The largest absolute Gasteiger partial charge is 0.342 e. The molecule has 0 aromatic rings. The fourth-order valence-corrected chi connectivity index (χ4v) is 1.01. The van der Waals surface area contributed by atoms with E-state index in [1.54, 1.807) is 0 Å². The van der Waals surface area contributed by atoms with Crippen molar-refractivity contribution in [1.29, 1.82) is 0 Å². The lowest BCUT2D eigenvalue weighted by Gasteiger charge is -1.99. The number of nitrogens with two attached hydrogens (primary N) is 1. The lowest BCUT2D eigenvalue weighted by atomic mass is 10.1. The van der Waals surface area contributed by atoms with Crippen molar-refractivity contribution in [2.45, 2.75) is 58.8 Å². The van der Waals surface area contributed by atoms with E-state index in [1.165, 1.54) is 26.4 Å². The van der Waals surface area contributed by atoms with Crippen LogP contribution in [0.3, 0.4) is 0 Å². The zero-order valence-electron chi connectivity index (χ0n) is 11.0. The Kier molecular flexibility index (Phi) is 18.7. The van der Waals surface area contributed by atoms with Crippen LogP contribution in [0.5, 0.6) is 0 Å². The molecule has 0 fully saturated rings. The molecule has 2 N–H and O–H groups in total. The Morgan fingerprint density at radius 2 is 1.62 bits per heavy atom. The second-order valence-electron chi connectivity index (χ2n) is 3.57. The molecule has 0 aromatic carbocycles. The summed E-state index contributed by atoms with van der Waals surface area (Å²) < 4.78 is 0. The van der Waals surface area contributed by atoms with Crippen molar-refractivity contribution in [3.05, 3.63) is 0 Å². The van der Waals surface area contributed by atoms with Gasteiger partial charge in [-0.25, -0.2) is 4.79 Å². The fraction of sp³-hybridized carbons (Fsp3) is 0.917. The second kappa shape index (κ2) is 16.8. The summed E-state index contributed by atoms with van der Waals surface area (Å²) in [4.78, 5) is 19.3. The van der Waals surface area contributed by atoms with E-state index in [-0.39, 0.29) is 5.97 Å². The molecule has 0 bridgehead atoms. The molecule has 0 amide bonds. The van der Waals surface area contributed by atoms with E-state index in [1.807, 2.05) is 0 Å². The molecule has 0 saturated heterocycles. The first-order valence-electron chi connectivity index (χ1n) is 6.16. The molecule has 16 heavy (non-hydrogen) atoms. The first kappa shape index (κ1) is 17.8. The summed E-state index contributed by atoms with van der Waals surface area (Å²) in [5, 5.41) is 0. The Bertz CT molecular complexity index is 138. The van der Waals surface area contributed by atoms with E-state index in [9.17, 15) is 4.79 Å². The fourth-order valence-electron chi connectivity index (χ4n) is 1.01. The van der Waals surface area contributed by atoms with Gasteiger partial charge in [0.15, 0.2) is 0 Å². The van der Waals surface area contributed by atoms with Crippen LogP contribution in [-0.2, 0) is 14.6 Å². The molecule has 4 nitrogen and oxygen atoms in total. The molecule has 0 spiro atoms. The second-order valence-corrected chi connectivity index (χ2v) is 3.57. The summed E-state index contributed by atoms with van der Waals surface area (Å²) in [5.41, 5.74) is 5.03. The summed E-state index contributed by atoms with van der Waals surface area (Å²) in [6, 6.07) is 0. The Labute approximate surface area is 99.4 Å². The maximum Gasteiger partial charge on any atom is 0.342 e. The molecule has 0 heterocycles. The molecule has 98 valence electrons. The summed E-state index contributed by atoms with van der Waals surface area (Å²) in [6.45, 7) is 5.04. The highest BCUT2D eigenvalue weighted by molar-refractivity contribution is 5.68. The van der Waals surface area contributed by atoms with Gasteiger partial charge >= 0.3 is 5.97 Å². The third-order valence-electron chi connectivity index (χ3n) is 1.95. The highest BCUT2D eigenvalue weighted by atomic mass is 17.2. The van der Waals surface area contributed by atoms with Gasteiger partial charge in [-0.2, -0.15) is 4.89 Å². The molecule has 0 aliphatic rings. The molecule has 0 atom stereocenters. The SMILES string of the molecule is CCCCCCCC(=O)OOC.CCCN. The number of unbranched alkanes of at least 4 members (excludes halogenated alkanes) is 4. The van der Waals surface area contributed by atoms with Gasteiger partial charge in [0.25, 0.3) is 0 Å². The third kappa shape index (κ3) is 19.0. The molecule has 0 radical (unpaired) electrons. The van der Waals surface area contributed by atoms with E-state index < -0.39 is 0 Å². The van der Waals surface area contributed by atoms with Crippen molar-refractivity contribution in [2.24, 2.45) is 5.73 Å². The minimum Gasteiger partial charge on any atom is -0.330 e. The van der Waals surface area contributed by atoms with Crippen LogP contribution in [0.25, 0.3) is 0 Å². The molecule has 4 heteroatoms. The van der Waals surface area contributed by atoms with E-state index in [4.69, 9.17) is 5.73 Å². The highest BCUT2D eigenvalue weighted by Gasteiger charge is 2.01. The number of rotatable bonds is 8. The van der Waals surface area contributed by atoms with Gasteiger partial charge in [0.1, 0.15) is 0 Å². The number of carbonyl (C=O) groups excluding carboxylic acids is 1. The Hall–Kier alpha value is -0.610. The molecule has 0 unspecified atom stereocenters. The van der Waals surface area contributed by atoms with Crippen LogP contribution in [0.2, 0.25) is 0 Å². The Balaban J connectivity index is 0. The Morgan fingerprint density at radius 3 is 2.06 bits per heavy atom.